The number of hydrogen-bond acceptors (Lipinski definition) is 3. The second-order valence-electron chi connectivity index (χ2n) is 2.67. The van der Waals surface area contributed by atoms with E-state index in [0.29, 0.717) is 6.54 Å². The van der Waals surface area contributed by atoms with Crippen LogP contribution < -0.4 is 5.32 Å². The first-order chi connectivity index (χ1) is 5.68. The molecule has 0 spiro atoms. The van der Waals surface area contributed by atoms with Crippen molar-refractivity contribution in [2.24, 2.45) is 0 Å². The summed E-state index contributed by atoms with van der Waals surface area (Å²) in [5, 5.41) is 2.47. The maximum atomic E-state index is 9.78. The summed E-state index contributed by atoms with van der Waals surface area (Å²) in [7, 11) is 1.41. The Labute approximate surface area is 74.5 Å². The zero-order valence-corrected chi connectivity index (χ0v) is 8.85. The zero-order chi connectivity index (χ0) is 9.45. The van der Waals surface area contributed by atoms with Gasteiger partial charge < -0.3 is 14.2 Å². The third kappa shape index (κ3) is 4.48. The standard InChI is InChI=1S/C7H16NO3Si/c1-10-12(3,11-2)6-4-5-8-7-9/h4-6H2,1-3H3,(H,8,9). The van der Waals surface area contributed by atoms with E-state index >= 15 is 0 Å². The first kappa shape index (κ1) is 11.6. The van der Waals surface area contributed by atoms with Crippen molar-refractivity contribution in [1.82, 2.24) is 5.32 Å². The Morgan fingerprint density at radius 3 is 2.42 bits per heavy atom. The Kier molecular flexibility index (Phi) is 5.96. The molecule has 0 saturated carbocycles. The first-order valence-corrected chi connectivity index (χ1v) is 6.41. The quantitative estimate of drug-likeness (QED) is 0.359. The predicted octanol–water partition coefficient (Wildman–Crippen LogP) is 0.398. The average Bonchev–Trinajstić information content (AvgIpc) is 2.12. The molecule has 0 saturated heterocycles. The Hall–Kier alpha value is -0.393. The largest absolute Gasteiger partial charge is 0.398 e. The topological polar surface area (TPSA) is 47.6 Å². The van der Waals surface area contributed by atoms with E-state index in [2.05, 4.69) is 5.32 Å². The molecule has 71 valence electrons. The number of amides is 1. The lowest BCUT2D eigenvalue weighted by Gasteiger charge is -2.22. The van der Waals surface area contributed by atoms with Gasteiger partial charge in [-0.3, -0.25) is 4.79 Å². The molecule has 0 rings (SSSR count). The summed E-state index contributed by atoms with van der Waals surface area (Å²) in [5.41, 5.74) is 0. The molecule has 1 N–H and O–H groups in total. The van der Waals surface area contributed by atoms with Crippen LogP contribution in [0.25, 0.3) is 0 Å². The lowest BCUT2D eigenvalue weighted by Crippen LogP contribution is -2.36. The molecular formula is C7H16NO3Si. The summed E-state index contributed by atoms with van der Waals surface area (Å²) in [6.45, 7) is 2.64. The van der Waals surface area contributed by atoms with Crippen LogP contribution in [0.3, 0.4) is 0 Å². The van der Waals surface area contributed by atoms with Crippen LogP contribution in [0.5, 0.6) is 0 Å². The minimum absolute atomic E-state index is 0.638. The highest BCUT2D eigenvalue weighted by Gasteiger charge is 2.27. The molecule has 0 atom stereocenters. The molecule has 0 bridgehead atoms. The summed E-state index contributed by atoms with van der Waals surface area (Å²) >= 11 is 0. The normalized spacial score (nSPS) is 11.2. The fourth-order valence-corrected chi connectivity index (χ4v) is 2.23. The summed E-state index contributed by atoms with van der Waals surface area (Å²) in [4.78, 5) is 9.78. The second kappa shape index (κ2) is 6.16. The zero-order valence-electron chi connectivity index (χ0n) is 7.85. The van der Waals surface area contributed by atoms with Gasteiger partial charge in [0.25, 0.3) is 0 Å². The van der Waals surface area contributed by atoms with Crippen LogP contribution >= 0.6 is 0 Å². The third-order valence-electron chi connectivity index (χ3n) is 1.87. The third-order valence-corrected chi connectivity index (χ3v) is 4.86. The number of rotatable bonds is 7. The van der Waals surface area contributed by atoms with E-state index in [4.69, 9.17) is 8.85 Å². The van der Waals surface area contributed by atoms with Crippen molar-refractivity contribution < 1.29 is 13.6 Å². The van der Waals surface area contributed by atoms with E-state index in [1.807, 2.05) is 6.55 Å². The van der Waals surface area contributed by atoms with Crippen molar-refractivity contribution in [3.05, 3.63) is 0 Å². The predicted molar refractivity (Wildman–Crippen MR) is 48.8 cm³/mol. The Balaban J connectivity index is 3.51. The molecule has 4 nitrogen and oxygen atoms in total. The Morgan fingerprint density at radius 1 is 1.42 bits per heavy atom. The van der Waals surface area contributed by atoms with Gasteiger partial charge in [0.05, 0.1) is 0 Å². The highest BCUT2D eigenvalue weighted by Crippen LogP contribution is 2.12. The molecule has 0 aliphatic carbocycles. The van der Waals surface area contributed by atoms with Gasteiger partial charge in [-0.2, -0.15) is 0 Å². The maximum Gasteiger partial charge on any atom is 0.334 e. The van der Waals surface area contributed by atoms with Crippen LogP contribution in [0.4, 0.5) is 0 Å². The number of nitrogens with one attached hydrogen (secondary N) is 1. The van der Waals surface area contributed by atoms with Crippen molar-refractivity contribution in [3.8, 4) is 0 Å². The highest BCUT2D eigenvalue weighted by atomic mass is 28.4. The van der Waals surface area contributed by atoms with E-state index in [1.165, 1.54) is 0 Å². The monoisotopic (exact) mass is 190 g/mol. The molecule has 0 aromatic rings. The van der Waals surface area contributed by atoms with Gasteiger partial charge in [0.2, 0.25) is 0 Å². The van der Waals surface area contributed by atoms with Crippen LogP contribution in [-0.2, 0) is 13.6 Å². The fourth-order valence-electron chi connectivity index (χ4n) is 0.836. The second-order valence-corrected chi connectivity index (χ2v) is 6.26. The Bertz CT molecular complexity index is 128. The van der Waals surface area contributed by atoms with Gasteiger partial charge in [-0.25, -0.2) is 0 Å². The van der Waals surface area contributed by atoms with Crippen LogP contribution in [0, 0.1) is 0 Å². The minimum Gasteiger partial charge on any atom is -0.398 e. The van der Waals surface area contributed by atoms with Gasteiger partial charge in [-0.1, -0.05) is 0 Å². The molecule has 0 aliphatic heterocycles. The van der Waals surface area contributed by atoms with Gasteiger partial charge in [-0.15, -0.1) is 0 Å². The Morgan fingerprint density at radius 2 is 2.00 bits per heavy atom. The van der Waals surface area contributed by atoms with E-state index in [9.17, 15) is 4.79 Å². The van der Waals surface area contributed by atoms with Crippen molar-refractivity contribution >= 4 is 15.0 Å². The molecular weight excluding hydrogens is 174 g/mol. The van der Waals surface area contributed by atoms with Crippen molar-refractivity contribution in [2.75, 3.05) is 20.8 Å². The van der Waals surface area contributed by atoms with E-state index in [1.54, 1.807) is 20.6 Å². The van der Waals surface area contributed by atoms with Crippen LogP contribution in [-0.4, -0.2) is 35.7 Å². The van der Waals surface area contributed by atoms with Gasteiger partial charge in [-0.05, 0) is 19.0 Å². The number of hydrogen-bond donors (Lipinski definition) is 1. The molecule has 0 fully saturated rings. The van der Waals surface area contributed by atoms with Crippen molar-refractivity contribution in [3.63, 3.8) is 0 Å². The van der Waals surface area contributed by atoms with Crippen LogP contribution in [0.15, 0.2) is 0 Å². The van der Waals surface area contributed by atoms with Crippen LogP contribution in [0.2, 0.25) is 12.6 Å². The smallest absolute Gasteiger partial charge is 0.334 e. The molecule has 0 aromatic carbocycles. The van der Waals surface area contributed by atoms with Gasteiger partial charge in [0, 0.05) is 20.8 Å². The lowest BCUT2D eigenvalue weighted by molar-refractivity contribution is 0.248. The maximum absolute atomic E-state index is 9.78. The molecule has 1 radical (unpaired) electrons. The summed E-state index contributed by atoms with van der Waals surface area (Å²) in [6, 6.07) is 0.884. The lowest BCUT2D eigenvalue weighted by atomic mass is 10.5. The average molecular weight is 190 g/mol. The van der Waals surface area contributed by atoms with Crippen LogP contribution in [0.1, 0.15) is 6.42 Å². The van der Waals surface area contributed by atoms with Gasteiger partial charge >= 0.3 is 15.0 Å². The summed E-state index contributed by atoms with van der Waals surface area (Å²) < 4.78 is 10.5. The van der Waals surface area contributed by atoms with Gasteiger partial charge in [0.1, 0.15) is 0 Å². The fraction of sp³-hybridized carbons (Fsp3) is 0.857. The molecule has 0 unspecified atom stereocenters. The molecule has 5 heteroatoms. The molecule has 0 aromatic heterocycles. The summed E-state index contributed by atoms with van der Waals surface area (Å²) in [6.07, 6.45) is 2.50. The molecule has 0 aliphatic rings. The van der Waals surface area contributed by atoms with Crippen molar-refractivity contribution in [1.29, 1.82) is 0 Å². The molecule has 12 heavy (non-hydrogen) atoms. The minimum atomic E-state index is -1.92. The number of carbonyl (C=O) groups excluding carboxylic acids is 1. The SMILES string of the molecule is CO[Si](C)(CCCN[C]=O)OC. The molecule has 0 heterocycles. The van der Waals surface area contributed by atoms with Crippen molar-refractivity contribution in [2.45, 2.75) is 19.0 Å². The van der Waals surface area contributed by atoms with E-state index < -0.39 is 8.56 Å². The highest BCUT2D eigenvalue weighted by molar-refractivity contribution is 6.65. The van der Waals surface area contributed by atoms with E-state index in [-0.39, 0.29) is 0 Å². The summed E-state index contributed by atoms with van der Waals surface area (Å²) in [5.74, 6) is 0. The first-order valence-electron chi connectivity index (χ1n) is 3.89. The van der Waals surface area contributed by atoms with E-state index in [0.717, 1.165) is 12.5 Å². The molecule has 1 amide bonds. The van der Waals surface area contributed by atoms with Gasteiger partial charge in [0.15, 0.2) is 0 Å².